The lowest BCUT2D eigenvalue weighted by atomic mass is 9.66. The van der Waals surface area contributed by atoms with Gasteiger partial charge in [-0.3, -0.25) is 0 Å². The Morgan fingerprint density at radius 1 is 1.15 bits per heavy atom. The first kappa shape index (κ1) is 23.9. The molecule has 0 unspecified atom stereocenters. The summed E-state index contributed by atoms with van der Waals surface area (Å²) in [5.74, 6) is 2.76. The van der Waals surface area contributed by atoms with Crippen molar-refractivity contribution in [2.75, 3.05) is 0 Å². The van der Waals surface area contributed by atoms with Crippen molar-refractivity contribution < 1.29 is 9.84 Å². The van der Waals surface area contributed by atoms with Crippen molar-refractivity contribution in [3.63, 3.8) is 0 Å². The SMILES string of the molecule is CCCCCCCCC(C)(C)c1cc(O)c2c(c1)OC(C)(C)[C@@H]1CC=C(c3ncc[nH]3)C[C@@H]21. The highest BCUT2D eigenvalue weighted by Gasteiger charge is 2.46. The van der Waals surface area contributed by atoms with E-state index in [1.807, 2.05) is 12.3 Å². The number of imidazole rings is 1. The van der Waals surface area contributed by atoms with E-state index in [1.165, 1.54) is 49.7 Å². The van der Waals surface area contributed by atoms with Gasteiger partial charge in [-0.2, -0.15) is 0 Å². The highest BCUT2D eigenvalue weighted by atomic mass is 16.5. The lowest BCUT2D eigenvalue weighted by Gasteiger charge is -2.47. The average molecular weight is 451 g/mol. The number of phenols is 1. The van der Waals surface area contributed by atoms with Crippen LogP contribution < -0.4 is 4.74 Å². The number of H-pyrrole nitrogens is 1. The molecular weight excluding hydrogens is 408 g/mol. The number of ether oxygens (including phenoxy) is 1. The summed E-state index contributed by atoms with van der Waals surface area (Å²) in [6, 6.07) is 4.23. The van der Waals surface area contributed by atoms with Gasteiger partial charge in [0.2, 0.25) is 0 Å². The van der Waals surface area contributed by atoms with Crippen LogP contribution in [0.1, 0.15) is 115 Å². The van der Waals surface area contributed by atoms with Crippen LogP contribution in [-0.2, 0) is 5.41 Å². The molecule has 2 heterocycles. The average Bonchev–Trinajstić information content (AvgIpc) is 3.30. The number of nitrogens with zero attached hydrogens (tertiary/aromatic N) is 1. The minimum atomic E-state index is -0.280. The normalized spacial score (nSPS) is 21.7. The molecule has 0 radical (unpaired) electrons. The number of aromatic hydroxyl groups is 1. The first-order chi connectivity index (χ1) is 15.7. The molecule has 1 aliphatic heterocycles. The van der Waals surface area contributed by atoms with Crippen molar-refractivity contribution in [1.82, 2.24) is 9.97 Å². The van der Waals surface area contributed by atoms with Crippen molar-refractivity contribution in [3.8, 4) is 11.5 Å². The molecular formula is C29H42N2O2. The molecule has 2 aliphatic rings. The maximum atomic E-state index is 11.3. The predicted octanol–water partition coefficient (Wildman–Crippen LogP) is 7.89. The van der Waals surface area contributed by atoms with E-state index < -0.39 is 0 Å². The van der Waals surface area contributed by atoms with E-state index in [9.17, 15) is 5.11 Å². The number of fused-ring (bicyclic) bond motifs is 3. The summed E-state index contributed by atoms with van der Waals surface area (Å²) < 4.78 is 6.59. The standard InChI is InChI=1S/C29H42N2O2/c1-6-7-8-9-10-11-14-28(2,3)21-18-24(32)26-22-17-20(27-30-15-16-31-27)12-13-23(22)29(4,5)33-25(26)19-21/h12,15-16,18-19,22-23,32H,6-11,13-14,17H2,1-5H3,(H,30,31)/t22-,23-/m1/s1. The van der Waals surface area contributed by atoms with Crippen LogP contribution in [0.5, 0.6) is 11.5 Å². The van der Waals surface area contributed by atoms with Crippen LogP contribution in [0.4, 0.5) is 0 Å². The summed E-state index contributed by atoms with van der Waals surface area (Å²) in [5, 5.41) is 11.3. The molecule has 180 valence electrons. The molecule has 1 aromatic carbocycles. The van der Waals surface area contributed by atoms with Gasteiger partial charge >= 0.3 is 0 Å². The molecule has 0 spiro atoms. The summed E-state index contributed by atoms with van der Waals surface area (Å²) in [4.78, 5) is 7.73. The van der Waals surface area contributed by atoms with Crippen molar-refractivity contribution in [1.29, 1.82) is 0 Å². The Kier molecular flexibility index (Phi) is 6.93. The van der Waals surface area contributed by atoms with Gasteiger partial charge in [0.1, 0.15) is 22.9 Å². The molecule has 4 nitrogen and oxygen atoms in total. The molecule has 2 N–H and O–H groups in total. The molecule has 0 saturated heterocycles. The third-order valence-electron chi connectivity index (χ3n) is 8.04. The number of hydrogen-bond donors (Lipinski definition) is 2. The van der Waals surface area contributed by atoms with E-state index in [0.29, 0.717) is 11.7 Å². The number of rotatable bonds is 9. The lowest BCUT2D eigenvalue weighted by Crippen LogP contribution is -2.45. The zero-order valence-electron chi connectivity index (χ0n) is 21.2. The van der Waals surface area contributed by atoms with Crippen LogP contribution in [-0.4, -0.2) is 20.7 Å². The fraction of sp³-hybridized carbons (Fsp3) is 0.621. The van der Waals surface area contributed by atoms with Crippen molar-refractivity contribution in [2.24, 2.45) is 5.92 Å². The molecule has 1 aliphatic carbocycles. The Morgan fingerprint density at radius 2 is 1.91 bits per heavy atom. The van der Waals surface area contributed by atoms with Crippen LogP contribution in [0.25, 0.3) is 5.57 Å². The molecule has 0 fully saturated rings. The minimum absolute atomic E-state index is 0.00736. The van der Waals surface area contributed by atoms with Crippen LogP contribution >= 0.6 is 0 Å². The molecule has 4 heteroatoms. The summed E-state index contributed by atoms with van der Waals surface area (Å²) in [7, 11) is 0. The topological polar surface area (TPSA) is 58.1 Å². The second kappa shape index (κ2) is 9.56. The van der Waals surface area contributed by atoms with Crippen LogP contribution in [0.3, 0.4) is 0 Å². The van der Waals surface area contributed by atoms with Gasteiger partial charge in [0.05, 0.1) is 0 Å². The summed E-state index contributed by atoms with van der Waals surface area (Å²) in [6.07, 6.45) is 16.7. The van der Waals surface area contributed by atoms with Gasteiger partial charge in [-0.25, -0.2) is 4.98 Å². The van der Waals surface area contributed by atoms with Gasteiger partial charge in [-0.1, -0.05) is 65.4 Å². The number of benzene rings is 1. The maximum Gasteiger partial charge on any atom is 0.132 e. The molecule has 2 atom stereocenters. The molecule has 0 amide bonds. The molecule has 4 rings (SSSR count). The zero-order chi connectivity index (χ0) is 23.6. The largest absolute Gasteiger partial charge is 0.508 e. The van der Waals surface area contributed by atoms with Crippen molar-refractivity contribution in [3.05, 3.63) is 47.6 Å². The highest BCUT2D eigenvalue weighted by Crippen LogP contribution is 2.55. The van der Waals surface area contributed by atoms with Gasteiger partial charge in [-0.05, 0) is 61.8 Å². The number of phenolic OH excluding ortho intramolecular Hbond substituents is 1. The van der Waals surface area contributed by atoms with Crippen LogP contribution in [0, 0.1) is 5.92 Å². The third-order valence-corrected chi connectivity index (χ3v) is 8.04. The fourth-order valence-electron chi connectivity index (χ4n) is 5.91. The van der Waals surface area contributed by atoms with Crippen LogP contribution in [0.15, 0.2) is 30.6 Å². The Morgan fingerprint density at radius 3 is 2.64 bits per heavy atom. The number of hydrogen-bond acceptors (Lipinski definition) is 3. The van der Waals surface area contributed by atoms with Crippen LogP contribution in [0.2, 0.25) is 0 Å². The monoisotopic (exact) mass is 450 g/mol. The second-order valence-corrected chi connectivity index (χ2v) is 11.3. The lowest BCUT2D eigenvalue weighted by molar-refractivity contribution is 0.00906. The zero-order valence-corrected chi connectivity index (χ0v) is 21.2. The van der Waals surface area contributed by atoms with E-state index >= 15 is 0 Å². The second-order valence-electron chi connectivity index (χ2n) is 11.3. The third kappa shape index (κ3) is 5.00. The van der Waals surface area contributed by atoms with E-state index in [-0.39, 0.29) is 16.9 Å². The van der Waals surface area contributed by atoms with Gasteiger partial charge in [0, 0.05) is 29.8 Å². The fourth-order valence-corrected chi connectivity index (χ4v) is 5.91. The number of allylic oxidation sites excluding steroid dienone is 2. The molecule has 1 aromatic heterocycles. The Balaban J connectivity index is 1.57. The quantitative estimate of drug-likeness (QED) is 0.382. The predicted molar refractivity (Wildman–Crippen MR) is 136 cm³/mol. The van der Waals surface area contributed by atoms with Gasteiger partial charge in [0.25, 0.3) is 0 Å². The van der Waals surface area contributed by atoms with E-state index in [4.69, 9.17) is 4.74 Å². The first-order valence-corrected chi connectivity index (χ1v) is 13.0. The number of aromatic nitrogens is 2. The van der Waals surface area contributed by atoms with E-state index in [0.717, 1.165) is 36.4 Å². The number of unbranched alkanes of at least 4 members (excludes halogenated alkanes) is 5. The number of aromatic amines is 1. The Labute approximate surface area is 199 Å². The molecule has 2 aromatic rings. The summed E-state index contributed by atoms with van der Waals surface area (Å²) in [5.41, 5.74) is 3.12. The van der Waals surface area contributed by atoms with Gasteiger partial charge in [0.15, 0.2) is 0 Å². The van der Waals surface area contributed by atoms with Crippen molar-refractivity contribution >= 4 is 5.57 Å². The van der Waals surface area contributed by atoms with E-state index in [2.05, 4.69) is 56.7 Å². The summed E-state index contributed by atoms with van der Waals surface area (Å²) in [6.45, 7) is 11.3. The van der Waals surface area contributed by atoms with Crippen molar-refractivity contribution in [2.45, 2.75) is 109 Å². The van der Waals surface area contributed by atoms with E-state index in [1.54, 1.807) is 6.20 Å². The van der Waals surface area contributed by atoms with Gasteiger partial charge < -0.3 is 14.8 Å². The maximum absolute atomic E-state index is 11.3. The smallest absolute Gasteiger partial charge is 0.132 e. The minimum Gasteiger partial charge on any atom is -0.508 e. The highest BCUT2D eigenvalue weighted by molar-refractivity contribution is 5.64. The van der Waals surface area contributed by atoms with Gasteiger partial charge in [-0.15, -0.1) is 0 Å². The Bertz CT molecular complexity index is 972. The first-order valence-electron chi connectivity index (χ1n) is 13.0. The molecule has 0 bridgehead atoms. The number of nitrogens with one attached hydrogen (secondary N) is 1. The molecule has 0 saturated carbocycles. The molecule has 33 heavy (non-hydrogen) atoms. The Hall–Kier alpha value is -2.23. The summed E-state index contributed by atoms with van der Waals surface area (Å²) >= 11 is 0.